The molecule has 1 N–H and O–H groups in total. The van der Waals surface area contributed by atoms with Crippen LogP contribution in [0.5, 0.6) is 0 Å². The topological polar surface area (TPSA) is 38.7 Å². The highest BCUT2D eigenvalue weighted by atomic mass is 16.7. The van der Waals surface area contributed by atoms with Crippen molar-refractivity contribution >= 4 is 0 Å². The minimum atomic E-state index is -0.778. The summed E-state index contributed by atoms with van der Waals surface area (Å²) in [5.41, 5.74) is 0.880. The van der Waals surface area contributed by atoms with Crippen LogP contribution in [0.25, 0.3) is 0 Å². The Morgan fingerprint density at radius 3 is 2.24 bits per heavy atom. The third-order valence-electron chi connectivity index (χ3n) is 2.53. The molecule has 1 rings (SSSR count). The second-order valence-electron chi connectivity index (χ2n) is 3.78. The zero-order valence-electron chi connectivity index (χ0n) is 10.4. The Bertz CT molecular complexity index is 373. The second-order valence-corrected chi connectivity index (χ2v) is 3.78. The van der Waals surface area contributed by atoms with Crippen molar-refractivity contribution in [3.63, 3.8) is 0 Å². The second kappa shape index (κ2) is 7.08. The summed E-state index contributed by atoms with van der Waals surface area (Å²) in [5.74, 6) is 5.50. The molecule has 0 spiro atoms. The molecule has 0 amide bonds. The van der Waals surface area contributed by atoms with Gasteiger partial charge in [0.25, 0.3) is 0 Å². The van der Waals surface area contributed by atoms with Crippen LogP contribution < -0.4 is 0 Å². The SMILES string of the molecule is COC(OC)[C@H](C)[C@H](O)C#Cc1ccccc1. The van der Waals surface area contributed by atoms with Gasteiger partial charge in [0.2, 0.25) is 0 Å². The lowest BCUT2D eigenvalue weighted by atomic mass is 10.0. The molecule has 0 aromatic heterocycles. The lowest BCUT2D eigenvalue weighted by molar-refractivity contribution is -0.148. The molecule has 0 bridgehead atoms. The molecule has 17 heavy (non-hydrogen) atoms. The van der Waals surface area contributed by atoms with E-state index in [0.29, 0.717) is 0 Å². The summed E-state index contributed by atoms with van der Waals surface area (Å²) in [6.45, 7) is 1.84. The first-order valence-electron chi connectivity index (χ1n) is 5.49. The standard InChI is InChI=1S/C14H18O3/c1-11(14(16-2)17-3)13(15)10-9-12-7-5-4-6-8-12/h4-8,11,13-15H,1-3H3/t11-,13-/m1/s1. The Kier molecular flexibility index (Phi) is 5.71. The van der Waals surface area contributed by atoms with Gasteiger partial charge in [0.1, 0.15) is 6.10 Å². The van der Waals surface area contributed by atoms with E-state index in [2.05, 4.69) is 11.8 Å². The van der Waals surface area contributed by atoms with Crippen molar-refractivity contribution in [1.82, 2.24) is 0 Å². The van der Waals surface area contributed by atoms with E-state index in [1.807, 2.05) is 37.3 Å². The van der Waals surface area contributed by atoms with Crippen LogP contribution in [0.1, 0.15) is 12.5 Å². The minimum Gasteiger partial charge on any atom is -0.380 e. The molecular formula is C14H18O3. The van der Waals surface area contributed by atoms with E-state index in [1.54, 1.807) is 14.2 Å². The van der Waals surface area contributed by atoms with E-state index in [1.165, 1.54) is 0 Å². The first kappa shape index (κ1) is 13.7. The Morgan fingerprint density at radius 2 is 1.71 bits per heavy atom. The summed E-state index contributed by atoms with van der Waals surface area (Å²) < 4.78 is 10.2. The molecule has 3 nitrogen and oxygen atoms in total. The van der Waals surface area contributed by atoms with Gasteiger partial charge in [-0.3, -0.25) is 0 Å². The fourth-order valence-electron chi connectivity index (χ4n) is 1.48. The van der Waals surface area contributed by atoms with Crippen LogP contribution in [0, 0.1) is 17.8 Å². The zero-order valence-corrected chi connectivity index (χ0v) is 10.4. The van der Waals surface area contributed by atoms with E-state index in [0.717, 1.165) is 5.56 Å². The van der Waals surface area contributed by atoms with Crippen molar-refractivity contribution in [2.75, 3.05) is 14.2 Å². The average molecular weight is 234 g/mol. The van der Waals surface area contributed by atoms with Gasteiger partial charge in [-0.15, -0.1) is 0 Å². The van der Waals surface area contributed by atoms with Crippen molar-refractivity contribution in [2.45, 2.75) is 19.3 Å². The molecule has 1 aromatic carbocycles. The van der Waals surface area contributed by atoms with Gasteiger partial charge >= 0.3 is 0 Å². The van der Waals surface area contributed by atoms with Crippen molar-refractivity contribution < 1.29 is 14.6 Å². The lowest BCUT2D eigenvalue weighted by Gasteiger charge is -2.22. The Balaban J connectivity index is 2.66. The van der Waals surface area contributed by atoms with Gasteiger partial charge in [-0.2, -0.15) is 0 Å². The Labute approximate surface area is 102 Å². The number of hydrogen-bond acceptors (Lipinski definition) is 3. The molecule has 0 aliphatic carbocycles. The normalized spacial score (nSPS) is 13.9. The smallest absolute Gasteiger partial charge is 0.162 e. The van der Waals surface area contributed by atoms with E-state index in [9.17, 15) is 5.11 Å². The number of aliphatic hydroxyl groups is 1. The van der Waals surface area contributed by atoms with Gasteiger partial charge in [-0.05, 0) is 12.1 Å². The maximum absolute atomic E-state index is 9.88. The van der Waals surface area contributed by atoms with Crippen LogP contribution in [-0.2, 0) is 9.47 Å². The summed E-state index contributed by atoms with van der Waals surface area (Å²) in [7, 11) is 3.09. The van der Waals surface area contributed by atoms with Gasteiger partial charge in [0, 0.05) is 25.7 Å². The lowest BCUT2D eigenvalue weighted by Crippen LogP contribution is -2.31. The van der Waals surface area contributed by atoms with Gasteiger partial charge in [-0.25, -0.2) is 0 Å². The highest BCUT2D eigenvalue weighted by Crippen LogP contribution is 2.12. The zero-order chi connectivity index (χ0) is 12.7. The van der Waals surface area contributed by atoms with Crippen LogP contribution in [0.15, 0.2) is 30.3 Å². The summed E-state index contributed by atoms with van der Waals surface area (Å²) in [4.78, 5) is 0. The summed E-state index contributed by atoms with van der Waals surface area (Å²) in [6.07, 6.45) is -1.23. The molecule has 0 saturated heterocycles. The van der Waals surface area contributed by atoms with E-state index < -0.39 is 12.4 Å². The maximum Gasteiger partial charge on any atom is 0.162 e. The molecule has 0 heterocycles. The number of ether oxygens (including phenoxy) is 2. The molecule has 92 valence electrons. The predicted molar refractivity (Wildman–Crippen MR) is 66.3 cm³/mol. The van der Waals surface area contributed by atoms with Gasteiger partial charge < -0.3 is 14.6 Å². The van der Waals surface area contributed by atoms with Gasteiger partial charge in [0.05, 0.1) is 0 Å². The fourth-order valence-corrected chi connectivity index (χ4v) is 1.48. The van der Waals surface area contributed by atoms with Crippen LogP contribution in [0.2, 0.25) is 0 Å². The fraction of sp³-hybridized carbons (Fsp3) is 0.429. The largest absolute Gasteiger partial charge is 0.380 e. The highest BCUT2D eigenvalue weighted by molar-refractivity contribution is 5.34. The molecule has 0 aliphatic rings. The van der Waals surface area contributed by atoms with E-state index in [-0.39, 0.29) is 5.92 Å². The molecule has 3 heteroatoms. The minimum absolute atomic E-state index is 0.207. The van der Waals surface area contributed by atoms with E-state index in [4.69, 9.17) is 9.47 Å². The molecule has 0 unspecified atom stereocenters. The van der Waals surface area contributed by atoms with Crippen molar-refractivity contribution in [1.29, 1.82) is 0 Å². The van der Waals surface area contributed by atoms with Crippen LogP contribution >= 0.6 is 0 Å². The van der Waals surface area contributed by atoms with Crippen LogP contribution in [0.3, 0.4) is 0 Å². The third kappa shape index (κ3) is 4.20. The molecule has 0 saturated carbocycles. The number of hydrogen-bond donors (Lipinski definition) is 1. The molecule has 1 aromatic rings. The van der Waals surface area contributed by atoms with Crippen LogP contribution in [-0.4, -0.2) is 31.7 Å². The first-order valence-corrected chi connectivity index (χ1v) is 5.49. The summed E-state index contributed by atoms with van der Waals surface area (Å²) in [5, 5.41) is 9.88. The molecular weight excluding hydrogens is 216 g/mol. The molecule has 0 radical (unpaired) electrons. The maximum atomic E-state index is 9.88. The van der Waals surface area contributed by atoms with Gasteiger partial charge in [0.15, 0.2) is 6.29 Å². The average Bonchev–Trinajstić information content (AvgIpc) is 2.38. The van der Waals surface area contributed by atoms with Crippen LogP contribution in [0.4, 0.5) is 0 Å². The third-order valence-corrected chi connectivity index (χ3v) is 2.53. The molecule has 2 atom stereocenters. The predicted octanol–water partition coefficient (Wildman–Crippen LogP) is 1.65. The monoisotopic (exact) mass is 234 g/mol. The molecule has 0 fully saturated rings. The Morgan fingerprint density at radius 1 is 1.12 bits per heavy atom. The number of methoxy groups -OCH3 is 2. The van der Waals surface area contributed by atoms with Gasteiger partial charge in [-0.1, -0.05) is 37.0 Å². The van der Waals surface area contributed by atoms with E-state index >= 15 is 0 Å². The highest BCUT2D eigenvalue weighted by Gasteiger charge is 2.22. The Hall–Kier alpha value is -1.34. The summed E-state index contributed by atoms with van der Waals surface area (Å²) >= 11 is 0. The quantitative estimate of drug-likeness (QED) is 0.636. The van der Waals surface area contributed by atoms with Crippen molar-refractivity contribution in [2.24, 2.45) is 5.92 Å². The number of benzene rings is 1. The number of aliphatic hydroxyl groups excluding tert-OH is 1. The molecule has 0 aliphatic heterocycles. The number of rotatable bonds is 4. The van der Waals surface area contributed by atoms with Crippen molar-refractivity contribution in [3.05, 3.63) is 35.9 Å². The van der Waals surface area contributed by atoms with Crippen molar-refractivity contribution in [3.8, 4) is 11.8 Å². The first-order chi connectivity index (χ1) is 8.19. The summed E-state index contributed by atoms with van der Waals surface area (Å²) in [6, 6.07) is 9.54.